The molecule has 1 unspecified atom stereocenters. The summed E-state index contributed by atoms with van der Waals surface area (Å²) in [4.78, 5) is 24.3. The van der Waals surface area contributed by atoms with E-state index in [2.05, 4.69) is 29.3 Å². The summed E-state index contributed by atoms with van der Waals surface area (Å²) in [5.74, 6) is 0.465. The minimum absolute atomic E-state index is 0.0646. The van der Waals surface area contributed by atoms with E-state index in [-0.39, 0.29) is 11.9 Å². The van der Waals surface area contributed by atoms with Crippen LogP contribution in [0.4, 0.5) is 11.4 Å². The molecule has 3 aromatic rings. The molecule has 1 atom stereocenters. The van der Waals surface area contributed by atoms with Crippen LogP contribution >= 0.6 is 0 Å². The molecule has 0 radical (unpaired) electrons. The molecule has 7 nitrogen and oxygen atoms in total. The molecule has 0 aliphatic heterocycles. The molecule has 0 spiro atoms. The minimum atomic E-state index is -0.450. The first-order valence-corrected chi connectivity index (χ1v) is 13.6. The summed E-state index contributed by atoms with van der Waals surface area (Å²) in [7, 11) is 0. The van der Waals surface area contributed by atoms with Gasteiger partial charge in [0.15, 0.2) is 0 Å². The lowest BCUT2D eigenvalue weighted by Gasteiger charge is -2.10. The normalized spacial score (nSPS) is 11.8. The maximum Gasteiger partial charge on any atom is 0.343 e. The molecule has 7 heteroatoms. The monoisotopic (exact) mass is 530 g/mol. The van der Waals surface area contributed by atoms with E-state index in [0.717, 1.165) is 43.4 Å². The fourth-order valence-electron chi connectivity index (χ4n) is 3.67. The summed E-state index contributed by atoms with van der Waals surface area (Å²) >= 11 is 0. The van der Waals surface area contributed by atoms with Crippen molar-refractivity contribution < 1.29 is 23.8 Å². The molecule has 206 valence electrons. The van der Waals surface area contributed by atoms with Crippen molar-refractivity contribution in [2.45, 2.75) is 59.8 Å². The molecule has 0 fully saturated rings. The quantitative estimate of drug-likeness (QED) is 0.0905. The minimum Gasteiger partial charge on any atom is -0.494 e. The summed E-state index contributed by atoms with van der Waals surface area (Å²) in [6.07, 6.45) is 4.43. The molecular formula is C32H38N2O5. The molecule has 3 rings (SSSR count). The lowest BCUT2D eigenvalue weighted by molar-refractivity contribution is -0.148. The Bertz CT molecular complexity index is 1240. The zero-order valence-electron chi connectivity index (χ0n) is 23.3. The molecular weight excluding hydrogens is 492 g/mol. The Balaban J connectivity index is 1.45. The van der Waals surface area contributed by atoms with Gasteiger partial charge in [-0.2, -0.15) is 10.2 Å². The number of ether oxygens (including phenoxy) is 3. The van der Waals surface area contributed by atoms with Crippen molar-refractivity contribution in [3.05, 3.63) is 83.4 Å². The summed E-state index contributed by atoms with van der Waals surface area (Å²) in [5, 5.41) is 8.61. The number of rotatable bonds is 14. The second-order valence-electron chi connectivity index (χ2n) is 9.51. The van der Waals surface area contributed by atoms with Crippen LogP contribution in [-0.4, -0.2) is 25.2 Å². The Kier molecular flexibility index (Phi) is 11.7. The number of carbonyl (C=O) groups excluding carboxylic acids is 2. The van der Waals surface area contributed by atoms with Gasteiger partial charge in [0.2, 0.25) is 0 Å². The van der Waals surface area contributed by atoms with Gasteiger partial charge in [0.1, 0.15) is 11.5 Å². The van der Waals surface area contributed by atoms with E-state index in [4.69, 9.17) is 14.2 Å². The predicted octanol–water partition coefficient (Wildman–Crippen LogP) is 8.33. The van der Waals surface area contributed by atoms with E-state index in [0.29, 0.717) is 36.0 Å². The highest BCUT2D eigenvalue weighted by Gasteiger charge is 2.12. The van der Waals surface area contributed by atoms with E-state index in [1.165, 1.54) is 5.56 Å². The summed E-state index contributed by atoms with van der Waals surface area (Å²) in [5.41, 5.74) is 3.97. The highest BCUT2D eigenvalue weighted by Crippen LogP contribution is 2.26. The van der Waals surface area contributed by atoms with Crippen molar-refractivity contribution >= 4 is 23.3 Å². The maximum absolute atomic E-state index is 12.7. The van der Waals surface area contributed by atoms with Gasteiger partial charge in [-0.3, -0.25) is 4.79 Å². The number of carbonyl (C=O) groups is 2. The number of nitrogens with zero attached hydrogens (tertiary/aromatic N) is 2. The Hall–Kier alpha value is -4.00. The van der Waals surface area contributed by atoms with Crippen molar-refractivity contribution in [1.29, 1.82) is 0 Å². The van der Waals surface area contributed by atoms with Gasteiger partial charge in [0, 0.05) is 0 Å². The number of unbranched alkanes of at least 4 members (excludes halogenated alkanes) is 1. The van der Waals surface area contributed by atoms with E-state index < -0.39 is 5.97 Å². The molecule has 3 aromatic carbocycles. The summed E-state index contributed by atoms with van der Waals surface area (Å²) in [6, 6.07) is 20.2. The van der Waals surface area contributed by atoms with E-state index in [1.54, 1.807) is 36.4 Å². The Morgan fingerprint density at radius 3 is 2.18 bits per heavy atom. The third-order valence-electron chi connectivity index (χ3n) is 6.27. The van der Waals surface area contributed by atoms with Gasteiger partial charge in [-0.05, 0) is 98.3 Å². The number of esters is 2. The van der Waals surface area contributed by atoms with Gasteiger partial charge in [-0.1, -0.05) is 39.3 Å². The Labute approximate surface area is 231 Å². The van der Waals surface area contributed by atoms with Crippen molar-refractivity contribution in [3.63, 3.8) is 0 Å². The van der Waals surface area contributed by atoms with Crippen LogP contribution in [0.2, 0.25) is 0 Å². The molecule has 0 saturated heterocycles. The molecule has 0 bridgehead atoms. The van der Waals surface area contributed by atoms with Crippen molar-refractivity contribution in [2.24, 2.45) is 16.1 Å². The van der Waals surface area contributed by atoms with Gasteiger partial charge >= 0.3 is 11.9 Å². The molecule has 39 heavy (non-hydrogen) atoms. The van der Waals surface area contributed by atoms with Gasteiger partial charge in [0.05, 0.1) is 36.1 Å². The Morgan fingerprint density at radius 2 is 1.51 bits per heavy atom. The molecule has 0 aromatic heterocycles. The van der Waals surface area contributed by atoms with Crippen LogP contribution in [0.1, 0.15) is 67.9 Å². The van der Waals surface area contributed by atoms with Crippen LogP contribution in [0.25, 0.3) is 0 Å². The van der Waals surface area contributed by atoms with Crippen molar-refractivity contribution in [1.82, 2.24) is 0 Å². The second-order valence-corrected chi connectivity index (χ2v) is 9.51. The van der Waals surface area contributed by atoms with Crippen molar-refractivity contribution in [3.8, 4) is 11.5 Å². The first-order valence-electron chi connectivity index (χ1n) is 13.6. The smallest absolute Gasteiger partial charge is 0.343 e. The van der Waals surface area contributed by atoms with Crippen molar-refractivity contribution in [2.75, 3.05) is 13.2 Å². The topological polar surface area (TPSA) is 86.6 Å². The van der Waals surface area contributed by atoms with Crippen LogP contribution < -0.4 is 9.47 Å². The van der Waals surface area contributed by atoms with E-state index in [9.17, 15) is 9.59 Å². The average molecular weight is 531 g/mol. The number of hydrogen-bond acceptors (Lipinski definition) is 7. The summed E-state index contributed by atoms with van der Waals surface area (Å²) in [6.45, 7) is 8.75. The van der Waals surface area contributed by atoms with Gasteiger partial charge in [-0.15, -0.1) is 0 Å². The highest BCUT2D eigenvalue weighted by molar-refractivity contribution is 5.91. The standard InChI is InChI=1S/C32H38N2O5/c1-5-9-25-10-14-27(15-11-25)33-34-28-16-19-30(24(4)22-28)39-32(36)26-12-17-29(18-13-26)37-20-7-8-21-38-31(35)23(3)6-2/h10-19,22-23H,5-9,20-21H2,1-4H3/b34-33+. The zero-order chi connectivity index (χ0) is 28.0. The maximum atomic E-state index is 12.7. The van der Waals surface area contributed by atoms with Crippen LogP contribution in [-0.2, 0) is 16.0 Å². The second kappa shape index (κ2) is 15.4. The van der Waals surface area contributed by atoms with Crippen LogP contribution in [0, 0.1) is 12.8 Å². The molecule has 0 saturated carbocycles. The number of hydrogen-bond donors (Lipinski definition) is 0. The van der Waals surface area contributed by atoms with E-state index >= 15 is 0 Å². The lowest BCUT2D eigenvalue weighted by Crippen LogP contribution is -2.15. The third-order valence-corrected chi connectivity index (χ3v) is 6.27. The average Bonchev–Trinajstić information content (AvgIpc) is 2.95. The van der Waals surface area contributed by atoms with Gasteiger partial charge < -0.3 is 14.2 Å². The number of benzene rings is 3. The van der Waals surface area contributed by atoms with Crippen LogP contribution in [0.3, 0.4) is 0 Å². The first-order chi connectivity index (χ1) is 18.9. The third kappa shape index (κ3) is 9.67. The molecule has 0 aliphatic rings. The van der Waals surface area contributed by atoms with Gasteiger partial charge in [0.25, 0.3) is 0 Å². The fraction of sp³-hybridized carbons (Fsp3) is 0.375. The molecule has 0 N–H and O–H groups in total. The molecule has 0 aliphatic carbocycles. The fourth-order valence-corrected chi connectivity index (χ4v) is 3.67. The summed E-state index contributed by atoms with van der Waals surface area (Å²) < 4.78 is 16.6. The Morgan fingerprint density at radius 1 is 0.846 bits per heavy atom. The molecule has 0 heterocycles. The predicted molar refractivity (Wildman–Crippen MR) is 152 cm³/mol. The van der Waals surface area contributed by atoms with Crippen LogP contribution in [0.5, 0.6) is 11.5 Å². The van der Waals surface area contributed by atoms with E-state index in [1.807, 2.05) is 39.0 Å². The highest BCUT2D eigenvalue weighted by atomic mass is 16.5. The number of aryl methyl sites for hydroxylation is 2. The molecule has 0 amide bonds. The SMILES string of the molecule is CCCc1ccc(/N=N/c2ccc(OC(=O)c3ccc(OCCCCOC(=O)C(C)CC)cc3)c(C)c2)cc1. The lowest BCUT2D eigenvalue weighted by atomic mass is 10.1. The zero-order valence-corrected chi connectivity index (χ0v) is 23.3. The first kappa shape index (κ1) is 29.6. The number of azo groups is 1. The van der Waals surface area contributed by atoms with Crippen LogP contribution in [0.15, 0.2) is 77.0 Å². The largest absolute Gasteiger partial charge is 0.494 e. The van der Waals surface area contributed by atoms with Gasteiger partial charge in [-0.25, -0.2) is 4.79 Å².